The van der Waals surface area contributed by atoms with Crippen molar-refractivity contribution in [3.05, 3.63) is 29.8 Å². The Morgan fingerprint density at radius 3 is 2.36 bits per heavy atom. The quantitative estimate of drug-likeness (QED) is 0.770. The predicted molar refractivity (Wildman–Crippen MR) is 88.2 cm³/mol. The fourth-order valence-corrected chi connectivity index (χ4v) is 3.04. The summed E-state index contributed by atoms with van der Waals surface area (Å²) >= 11 is 0. The first-order valence-corrected chi connectivity index (χ1v) is 9.24. The molecule has 0 radical (unpaired) electrons. The number of urea groups is 1. The minimum atomic E-state index is -3.81. The van der Waals surface area contributed by atoms with E-state index in [1.54, 1.807) is 12.1 Å². The summed E-state index contributed by atoms with van der Waals surface area (Å²) in [6.45, 7) is 6.56. The van der Waals surface area contributed by atoms with Gasteiger partial charge in [-0.2, -0.15) is 0 Å². The van der Waals surface area contributed by atoms with Crippen molar-refractivity contribution in [2.45, 2.75) is 51.3 Å². The molecule has 2 amide bonds. The molecule has 124 valence electrons. The minimum Gasteiger partial charge on any atom is -0.337 e. The summed E-state index contributed by atoms with van der Waals surface area (Å²) in [6, 6.07) is 5.70. The first-order valence-electron chi connectivity index (χ1n) is 7.76. The Morgan fingerprint density at radius 2 is 1.82 bits per heavy atom. The summed E-state index contributed by atoms with van der Waals surface area (Å²) in [5.41, 5.74) is 0.963. The highest BCUT2D eigenvalue weighted by atomic mass is 32.2. The van der Waals surface area contributed by atoms with E-state index >= 15 is 0 Å². The van der Waals surface area contributed by atoms with Gasteiger partial charge in [-0.05, 0) is 31.4 Å². The standard InChI is InChI=1S/C16H26N2O3S/c1-4-6-7-14(5-2)12-17-16(19)18-22(20,21)15-10-8-13(3)9-11-15/h8-11,14H,4-7,12H2,1-3H3,(H2,17,18,19)/t14-/m0/s1. The number of unbranched alkanes of at least 4 members (excludes halogenated alkanes) is 1. The predicted octanol–water partition coefficient (Wildman–Crippen LogP) is 3.20. The van der Waals surface area contributed by atoms with Crippen molar-refractivity contribution in [2.24, 2.45) is 5.92 Å². The molecular weight excluding hydrogens is 300 g/mol. The van der Waals surface area contributed by atoms with Crippen LogP contribution in [0.25, 0.3) is 0 Å². The monoisotopic (exact) mass is 326 g/mol. The molecule has 0 saturated heterocycles. The van der Waals surface area contributed by atoms with E-state index in [0.717, 1.165) is 31.2 Å². The zero-order valence-electron chi connectivity index (χ0n) is 13.6. The van der Waals surface area contributed by atoms with Crippen molar-refractivity contribution in [1.29, 1.82) is 0 Å². The van der Waals surface area contributed by atoms with Crippen LogP contribution in [-0.2, 0) is 10.0 Å². The molecule has 0 spiro atoms. The number of carbonyl (C=O) groups excluding carboxylic acids is 1. The number of hydrogen-bond donors (Lipinski definition) is 2. The minimum absolute atomic E-state index is 0.0891. The van der Waals surface area contributed by atoms with Crippen molar-refractivity contribution >= 4 is 16.1 Å². The van der Waals surface area contributed by atoms with E-state index < -0.39 is 16.1 Å². The molecule has 1 rings (SSSR count). The number of rotatable bonds is 8. The molecule has 5 nitrogen and oxygen atoms in total. The van der Waals surface area contributed by atoms with E-state index in [1.807, 2.05) is 11.6 Å². The fraction of sp³-hybridized carbons (Fsp3) is 0.562. The van der Waals surface area contributed by atoms with Gasteiger partial charge in [0, 0.05) is 6.54 Å². The molecule has 0 aliphatic heterocycles. The average Bonchev–Trinajstić information content (AvgIpc) is 2.47. The molecule has 0 aliphatic carbocycles. The Hall–Kier alpha value is -1.56. The van der Waals surface area contributed by atoms with E-state index in [0.29, 0.717) is 12.5 Å². The van der Waals surface area contributed by atoms with Crippen molar-refractivity contribution in [2.75, 3.05) is 6.54 Å². The summed E-state index contributed by atoms with van der Waals surface area (Å²) in [4.78, 5) is 11.9. The molecule has 0 heterocycles. The highest BCUT2D eigenvalue weighted by molar-refractivity contribution is 7.90. The van der Waals surface area contributed by atoms with Gasteiger partial charge in [-0.15, -0.1) is 0 Å². The van der Waals surface area contributed by atoms with Crippen molar-refractivity contribution in [3.63, 3.8) is 0 Å². The van der Waals surface area contributed by atoms with Gasteiger partial charge in [-0.1, -0.05) is 50.8 Å². The normalized spacial score (nSPS) is 12.7. The fourth-order valence-electron chi connectivity index (χ4n) is 2.11. The number of amides is 2. The number of sulfonamides is 1. The van der Waals surface area contributed by atoms with Crippen LogP contribution in [0.5, 0.6) is 0 Å². The summed E-state index contributed by atoms with van der Waals surface area (Å²) in [6.07, 6.45) is 4.23. The van der Waals surface area contributed by atoms with Crippen LogP contribution in [0.15, 0.2) is 29.2 Å². The number of carbonyl (C=O) groups is 1. The van der Waals surface area contributed by atoms with Crippen molar-refractivity contribution in [3.8, 4) is 0 Å². The van der Waals surface area contributed by atoms with E-state index in [9.17, 15) is 13.2 Å². The van der Waals surface area contributed by atoms with Gasteiger partial charge in [0.2, 0.25) is 0 Å². The Kier molecular flexibility index (Phi) is 7.38. The van der Waals surface area contributed by atoms with Crippen LogP contribution < -0.4 is 10.0 Å². The van der Waals surface area contributed by atoms with Gasteiger partial charge in [-0.3, -0.25) is 0 Å². The highest BCUT2D eigenvalue weighted by Gasteiger charge is 2.17. The third-order valence-electron chi connectivity index (χ3n) is 3.65. The second-order valence-corrected chi connectivity index (χ2v) is 7.23. The molecule has 0 aliphatic rings. The summed E-state index contributed by atoms with van der Waals surface area (Å²) in [5.74, 6) is 0.382. The maximum atomic E-state index is 12.1. The third-order valence-corrected chi connectivity index (χ3v) is 5.00. The molecule has 0 bridgehead atoms. The largest absolute Gasteiger partial charge is 0.337 e. The molecular formula is C16H26N2O3S. The topological polar surface area (TPSA) is 75.3 Å². The molecule has 0 fully saturated rings. The number of hydrogen-bond acceptors (Lipinski definition) is 3. The van der Waals surface area contributed by atoms with Gasteiger partial charge in [0.1, 0.15) is 0 Å². The van der Waals surface area contributed by atoms with Crippen molar-refractivity contribution < 1.29 is 13.2 Å². The lowest BCUT2D eigenvalue weighted by Crippen LogP contribution is -2.41. The van der Waals surface area contributed by atoms with E-state index in [2.05, 4.69) is 19.2 Å². The van der Waals surface area contributed by atoms with Crippen LogP contribution in [0.3, 0.4) is 0 Å². The zero-order chi connectivity index (χ0) is 16.6. The lowest BCUT2D eigenvalue weighted by Gasteiger charge is -2.15. The Bertz CT molecular complexity index is 568. The second-order valence-electron chi connectivity index (χ2n) is 5.55. The van der Waals surface area contributed by atoms with Crippen molar-refractivity contribution in [1.82, 2.24) is 10.0 Å². The van der Waals surface area contributed by atoms with Gasteiger partial charge < -0.3 is 5.32 Å². The van der Waals surface area contributed by atoms with Crippen LogP contribution in [0.2, 0.25) is 0 Å². The van der Waals surface area contributed by atoms with E-state index in [-0.39, 0.29) is 4.90 Å². The molecule has 0 aromatic heterocycles. The van der Waals surface area contributed by atoms with E-state index in [1.165, 1.54) is 12.1 Å². The maximum Gasteiger partial charge on any atom is 0.328 e. The Labute approximate surface area is 133 Å². The van der Waals surface area contributed by atoms with Gasteiger partial charge in [0.15, 0.2) is 0 Å². The first-order chi connectivity index (χ1) is 10.4. The highest BCUT2D eigenvalue weighted by Crippen LogP contribution is 2.12. The molecule has 0 saturated carbocycles. The molecule has 6 heteroatoms. The molecule has 22 heavy (non-hydrogen) atoms. The third kappa shape index (κ3) is 6.05. The second kappa shape index (κ2) is 8.78. The van der Waals surface area contributed by atoms with Crippen LogP contribution in [-0.4, -0.2) is 21.0 Å². The van der Waals surface area contributed by atoms with Gasteiger partial charge >= 0.3 is 6.03 Å². The molecule has 0 unspecified atom stereocenters. The van der Waals surface area contributed by atoms with Crippen LogP contribution in [0.4, 0.5) is 4.79 Å². The summed E-state index contributed by atoms with van der Waals surface area (Å²) in [7, 11) is -3.81. The summed E-state index contributed by atoms with van der Waals surface area (Å²) < 4.78 is 26.2. The molecule has 1 aromatic carbocycles. The van der Waals surface area contributed by atoms with Gasteiger partial charge in [0.05, 0.1) is 4.90 Å². The van der Waals surface area contributed by atoms with Crippen LogP contribution in [0, 0.1) is 12.8 Å². The molecule has 1 aromatic rings. The SMILES string of the molecule is CCCC[C@H](CC)CNC(=O)NS(=O)(=O)c1ccc(C)cc1. The average molecular weight is 326 g/mol. The van der Waals surface area contributed by atoms with Crippen LogP contribution >= 0.6 is 0 Å². The molecule has 1 atom stereocenters. The van der Waals surface area contributed by atoms with Gasteiger partial charge in [0.25, 0.3) is 10.0 Å². The maximum absolute atomic E-state index is 12.1. The number of aryl methyl sites for hydroxylation is 1. The lowest BCUT2D eigenvalue weighted by atomic mass is 9.99. The smallest absolute Gasteiger partial charge is 0.328 e. The van der Waals surface area contributed by atoms with Crippen LogP contribution in [0.1, 0.15) is 45.1 Å². The lowest BCUT2D eigenvalue weighted by molar-refractivity contribution is 0.243. The van der Waals surface area contributed by atoms with Gasteiger partial charge in [-0.25, -0.2) is 17.9 Å². The Balaban J connectivity index is 2.54. The molecule has 2 N–H and O–H groups in total. The number of nitrogens with one attached hydrogen (secondary N) is 2. The Morgan fingerprint density at radius 1 is 1.18 bits per heavy atom. The zero-order valence-corrected chi connectivity index (χ0v) is 14.4. The number of benzene rings is 1. The van der Waals surface area contributed by atoms with E-state index in [4.69, 9.17) is 0 Å². The first kappa shape index (κ1) is 18.5. The summed E-state index contributed by atoms with van der Waals surface area (Å²) in [5, 5.41) is 2.65.